The van der Waals surface area contributed by atoms with E-state index in [1.165, 1.54) is 0 Å². The zero-order chi connectivity index (χ0) is 10.6. The summed E-state index contributed by atoms with van der Waals surface area (Å²) in [6.45, 7) is 0. The molecule has 0 nitrogen and oxygen atoms in total. The smallest absolute Gasteiger partial charge is 0.214 e. The second kappa shape index (κ2) is 12.4. The van der Waals surface area contributed by atoms with Gasteiger partial charge in [0.1, 0.15) is 0 Å². The van der Waals surface area contributed by atoms with E-state index in [2.05, 4.69) is 0 Å². The van der Waals surface area contributed by atoms with Gasteiger partial charge in [0.15, 0.2) is 0 Å². The van der Waals surface area contributed by atoms with Crippen LogP contribution in [0.2, 0.25) is 0 Å². The minimum atomic E-state index is 0. The van der Waals surface area contributed by atoms with Crippen molar-refractivity contribution in [2.45, 2.75) is 0 Å². The van der Waals surface area contributed by atoms with Crippen molar-refractivity contribution >= 4 is 0 Å². The molecule has 0 fully saturated rings. The molecule has 3 aromatic rings. The van der Waals surface area contributed by atoms with Crippen LogP contribution in [0.1, 0.15) is 0 Å². The summed E-state index contributed by atoms with van der Waals surface area (Å²) >= 11 is 0. The molecule has 0 heterocycles. The van der Waals surface area contributed by atoms with Gasteiger partial charge >= 0.3 is 38.6 Å². The molecule has 0 aliphatic rings. The Kier molecular flexibility index (Phi) is 11.9. The summed E-state index contributed by atoms with van der Waals surface area (Å²) in [6, 6.07) is 30.0. The van der Waals surface area contributed by atoms with Gasteiger partial charge in [-0.2, -0.15) is 54.6 Å². The van der Waals surface area contributed by atoms with Crippen LogP contribution >= 0.6 is 0 Å². The van der Waals surface area contributed by atoms with E-state index >= 15 is 0 Å². The van der Waals surface area contributed by atoms with Gasteiger partial charge in [-0.1, -0.05) is 0 Å². The normalized spacial score (nSPS) is 7.50. The Morgan fingerprint density at radius 1 is 0.375 bits per heavy atom. The van der Waals surface area contributed by atoms with Crippen LogP contribution in [0.5, 0.6) is 0 Å². The van der Waals surface area contributed by atoms with Gasteiger partial charge in [0.05, 0.1) is 0 Å². The molecule has 0 atom stereocenters. The molecule has 0 spiro atoms. The molecule has 0 saturated heterocycles. The van der Waals surface area contributed by atoms with Gasteiger partial charge < -0.3 is 0 Å². The zero-order valence-electron chi connectivity index (χ0n) is 8.99. The molecular weight excluding hydrogens is 339 g/mol. The minimum Gasteiger partial charge on any atom is -0.214 e. The van der Waals surface area contributed by atoms with Crippen molar-refractivity contribution in [3.63, 3.8) is 0 Å². The maximum atomic E-state index is 2.00. The molecular formula is C15H15Tb. The van der Waals surface area contributed by atoms with E-state index < -0.39 is 0 Å². The van der Waals surface area contributed by atoms with Gasteiger partial charge in [0, 0.05) is 0 Å². The number of rotatable bonds is 0. The molecule has 0 radical (unpaired) electrons. The number of hydrogen-bond acceptors (Lipinski definition) is 0. The van der Waals surface area contributed by atoms with Crippen LogP contribution in [0.4, 0.5) is 0 Å². The predicted molar refractivity (Wildman–Crippen MR) is 66.1 cm³/mol. The van der Waals surface area contributed by atoms with Crippen molar-refractivity contribution in [1.29, 1.82) is 0 Å². The van der Waals surface area contributed by atoms with Gasteiger partial charge in [-0.15, -0.1) is 0 Å². The fraction of sp³-hybridized carbons (Fsp3) is 0. The van der Waals surface area contributed by atoms with Crippen molar-refractivity contribution < 1.29 is 38.6 Å². The first-order chi connectivity index (χ1) is 7.50. The first-order valence-corrected chi connectivity index (χ1v) is 5.00. The summed E-state index contributed by atoms with van der Waals surface area (Å²) in [5.74, 6) is 0. The van der Waals surface area contributed by atoms with Crippen molar-refractivity contribution in [3.05, 3.63) is 91.0 Å². The molecule has 0 N–H and O–H groups in total. The SMILES string of the molecule is [Tb+3].c1cc[cH-]c1.c1cc[cH-]c1.c1cc[cH-]c1. The van der Waals surface area contributed by atoms with Crippen LogP contribution in [0.3, 0.4) is 0 Å². The Morgan fingerprint density at radius 3 is 0.625 bits per heavy atom. The van der Waals surface area contributed by atoms with Crippen molar-refractivity contribution in [2.24, 2.45) is 0 Å². The molecule has 0 bridgehead atoms. The van der Waals surface area contributed by atoms with Gasteiger partial charge in [-0.25, -0.2) is 36.4 Å². The van der Waals surface area contributed by atoms with E-state index in [-0.39, 0.29) is 38.6 Å². The van der Waals surface area contributed by atoms with Crippen LogP contribution in [-0.4, -0.2) is 0 Å². The zero-order valence-corrected chi connectivity index (χ0v) is 11.1. The Hall–Kier alpha value is -0.664. The van der Waals surface area contributed by atoms with Crippen LogP contribution in [0, 0.1) is 38.6 Å². The molecule has 0 aliphatic heterocycles. The molecule has 1 heteroatoms. The van der Waals surface area contributed by atoms with Gasteiger partial charge in [-0.3, -0.25) is 0 Å². The van der Waals surface area contributed by atoms with E-state index in [9.17, 15) is 0 Å². The second-order valence-corrected chi connectivity index (χ2v) is 2.89. The minimum absolute atomic E-state index is 0. The van der Waals surface area contributed by atoms with Crippen molar-refractivity contribution in [2.75, 3.05) is 0 Å². The molecule has 16 heavy (non-hydrogen) atoms. The molecule has 0 aromatic heterocycles. The monoisotopic (exact) mass is 354 g/mol. The van der Waals surface area contributed by atoms with Gasteiger partial charge in [0.25, 0.3) is 0 Å². The summed E-state index contributed by atoms with van der Waals surface area (Å²) in [5.41, 5.74) is 0. The van der Waals surface area contributed by atoms with E-state index in [4.69, 9.17) is 0 Å². The quantitative estimate of drug-likeness (QED) is 0.531. The van der Waals surface area contributed by atoms with Gasteiger partial charge in [0.2, 0.25) is 0 Å². The molecule has 0 aliphatic carbocycles. The summed E-state index contributed by atoms with van der Waals surface area (Å²) in [7, 11) is 0. The second-order valence-electron chi connectivity index (χ2n) is 2.89. The van der Waals surface area contributed by atoms with Crippen molar-refractivity contribution in [3.8, 4) is 0 Å². The standard InChI is InChI=1S/3C5H5.Tb/c3*1-2-4-5-3-1;/h3*1-5H;/q3*-1;+3. The summed E-state index contributed by atoms with van der Waals surface area (Å²) < 4.78 is 0. The summed E-state index contributed by atoms with van der Waals surface area (Å²) in [6.07, 6.45) is 0. The largest absolute Gasteiger partial charge is 3.00 e. The Bertz CT molecular complexity index is 237. The van der Waals surface area contributed by atoms with E-state index in [1.807, 2.05) is 91.0 Å². The summed E-state index contributed by atoms with van der Waals surface area (Å²) in [5, 5.41) is 0. The predicted octanol–water partition coefficient (Wildman–Crippen LogP) is 4.22. The van der Waals surface area contributed by atoms with Crippen LogP contribution in [-0.2, 0) is 0 Å². The van der Waals surface area contributed by atoms with Crippen LogP contribution in [0.15, 0.2) is 91.0 Å². The summed E-state index contributed by atoms with van der Waals surface area (Å²) in [4.78, 5) is 0. The topological polar surface area (TPSA) is 0 Å². The van der Waals surface area contributed by atoms with E-state index in [0.717, 1.165) is 0 Å². The fourth-order valence-corrected chi connectivity index (χ4v) is 0.962. The first kappa shape index (κ1) is 15.3. The molecule has 3 rings (SSSR count). The molecule has 84 valence electrons. The fourth-order valence-electron chi connectivity index (χ4n) is 0.962. The molecule has 0 saturated carbocycles. The van der Waals surface area contributed by atoms with Crippen molar-refractivity contribution in [1.82, 2.24) is 0 Å². The molecule has 0 unspecified atom stereocenters. The molecule has 0 amide bonds. The third-order valence-corrected chi connectivity index (χ3v) is 1.67. The van der Waals surface area contributed by atoms with E-state index in [1.54, 1.807) is 0 Å². The first-order valence-electron chi connectivity index (χ1n) is 5.00. The third-order valence-electron chi connectivity index (χ3n) is 1.67. The Morgan fingerprint density at radius 2 is 0.562 bits per heavy atom. The van der Waals surface area contributed by atoms with Gasteiger partial charge in [-0.05, 0) is 0 Å². The average Bonchev–Trinajstić information content (AvgIpc) is 3.09. The Balaban J connectivity index is 0.000000205. The maximum absolute atomic E-state index is 2.00. The maximum Gasteiger partial charge on any atom is 3.00 e. The third kappa shape index (κ3) is 9.87. The van der Waals surface area contributed by atoms with E-state index in [0.29, 0.717) is 0 Å². The van der Waals surface area contributed by atoms with Crippen LogP contribution < -0.4 is 0 Å². The Labute approximate surface area is 128 Å². The molecule has 3 aromatic carbocycles. The average molecular weight is 354 g/mol. The number of hydrogen-bond donors (Lipinski definition) is 0. The van der Waals surface area contributed by atoms with Crippen LogP contribution in [0.25, 0.3) is 0 Å².